The summed E-state index contributed by atoms with van der Waals surface area (Å²) < 4.78 is 5.65. The average Bonchev–Trinajstić information content (AvgIpc) is 2.61. The Bertz CT molecular complexity index is 646. The first-order valence-corrected chi connectivity index (χ1v) is 9.31. The zero-order chi connectivity index (χ0) is 18.0. The maximum atomic E-state index is 12.7. The Balaban J connectivity index is 1.66. The largest absolute Gasteiger partial charge is 0.479 e. The normalized spacial score (nSPS) is 26.0. The Kier molecular flexibility index (Phi) is 5.30. The van der Waals surface area contributed by atoms with E-state index in [0.29, 0.717) is 30.7 Å². The minimum absolute atomic E-state index is 0.0832. The van der Waals surface area contributed by atoms with Gasteiger partial charge in [0.05, 0.1) is 5.69 Å². The van der Waals surface area contributed by atoms with E-state index in [0.717, 1.165) is 12.1 Å². The van der Waals surface area contributed by atoms with Gasteiger partial charge in [0.1, 0.15) is 5.75 Å². The molecule has 25 heavy (non-hydrogen) atoms. The number of para-hydroxylation sites is 2. The third-order valence-electron chi connectivity index (χ3n) is 5.58. The zero-order valence-electron chi connectivity index (χ0n) is 15.4. The van der Waals surface area contributed by atoms with Crippen LogP contribution in [-0.4, -0.2) is 42.5 Å². The summed E-state index contributed by atoms with van der Waals surface area (Å²) in [7, 11) is 1.91. The summed E-state index contributed by atoms with van der Waals surface area (Å²) >= 11 is 0. The van der Waals surface area contributed by atoms with E-state index in [-0.39, 0.29) is 11.8 Å². The van der Waals surface area contributed by atoms with E-state index in [2.05, 4.69) is 6.92 Å². The standard InChI is InChI=1S/C20H28N2O3/c1-14-8-4-5-9-16(14)21(3)19(23)12-13-22-17-10-6-7-11-18(17)25-15(2)20(22)24/h6-7,10-11,14-16H,4-5,8-9,12-13H2,1-3H3. The molecule has 1 aliphatic carbocycles. The van der Waals surface area contributed by atoms with Crippen molar-refractivity contribution >= 4 is 17.5 Å². The molecule has 0 radical (unpaired) electrons. The van der Waals surface area contributed by atoms with Crippen LogP contribution in [0.5, 0.6) is 5.75 Å². The third-order valence-corrected chi connectivity index (χ3v) is 5.58. The second kappa shape index (κ2) is 7.46. The number of rotatable bonds is 4. The number of amides is 2. The second-order valence-electron chi connectivity index (χ2n) is 7.30. The van der Waals surface area contributed by atoms with Gasteiger partial charge in [-0.25, -0.2) is 0 Å². The highest BCUT2D eigenvalue weighted by atomic mass is 16.5. The number of carbonyl (C=O) groups is 2. The summed E-state index contributed by atoms with van der Waals surface area (Å²) in [5, 5.41) is 0. The second-order valence-corrected chi connectivity index (χ2v) is 7.30. The lowest BCUT2D eigenvalue weighted by atomic mass is 9.85. The smallest absolute Gasteiger partial charge is 0.267 e. The molecule has 0 bridgehead atoms. The molecule has 5 heteroatoms. The van der Waals surface area contributed by atoms with E-state index >= 15 is 0 Å². The van der Waals surface area contributed by atoms with E-state index in [1.165, 1.54) is 19.3 Å². The Hall–Kier alpha value is -2.04. The Morgan fingerprint density at radius 2 is 1.96 bits per heavy atom. The van der Waals surface area contributed by atoms with Crippen LogP contribution in [0.3, 0.4) is 0 Å². The van der Waals surface area contributed by atoms with Gasteiger partial charge >= 0.3 is 0 Å². The van der Waals surface area contributed by atoms with Gasteiger partial charge in [-0.3, -0.25) is 9.59 Å². The van der Waals surface area contributed by atoms with Crippen LogP contribution in [0.25, 0.3) is 0 Å². The predicted octanol–water partition coefficient (Wildman–Crippen LogP) is 3.23. The number of ether oxygens (including phenoxy) is 1. The fraction of sp³-hybridized carbons (Fsp3) is 0.600. The van der Waals surface area contributed by atoms with Crippen molar-refractivity contribution in [2.75, 3.05) is 18.5 Å². The number of carbonyl (C=O) groups excluding carboxylic acids is 2. The van der Waals surface area contributed by atoms with Crippen LogP contribution in [0.15, 0.2) is 24.3 Å². The minimum atomic E-state index is -0.513. The van der Waals surface area contributed by atoms with E-state index in [1.807, 2.05) is 36.2 Å². The molecule has 1 aromatic carbocycles. The monoisotopic (exact) mass is 344 g/mol. The highest BCUT2D eigenvalue weighted by Gasteiger charge is 2.32. The van der Waals surface area contributed by atoms with E-state index in [9.17, 15) is 9.59 Å². The van der Waals surface area contributed by atoms with Gasteiger partial charge in [-0.1, -0.05) is 31.9 Å². The number of fused-ring (bicyclic) bond motifs is 1. The molecule has 1 saturated carbocycles. The molecule has 0 N–H and O–H groups in total. The lowest BCUT2D eigenvalue weighted by molar-refractivity contribution is -0.133. The van der Waals surface area contributed by atoms with Crippen molar-refractivity contribution in [1.29, 1.82) is 0 Å². The molecule has 1 aromatic rings. The van der Waals surface area contributed by atoms with Gasteiger partial charge in [0, 0.05) is 26.1 Å². The molecular formula is C20H28N2O3. The fourth-order valence-corrected chi connectivity index (χ4v) is 4.03. The lowest BCUT2D eigenvalue weighted by Gasteiger charge is -2.37. The molecule has 1 aliphatic heterocycles. The first-order valence-electron chi connectivity index (χ1n) is 9.31. The summed E-state index contributed by atoms with van der Waals surface area (Å²) in [4.78, 5) is 28.8. The summed E-state index contributed by atoms with van der Waals surface area (Å²) in [6.07, 6.45) is 4.55. The first-order chi connectivity index (χ1) is 12.0. The van der Waals surface area contributed by atoms with Gasteiger partial charge in [0.25, 0.3) is 5.91 Å². The van der Waals surface area contributed by atoms with Crippen molar-refractivity contribution in [3.63, 3.8) is 0 Å². The molecule has 0 spiro atoms. The van der Waals surface area contributed by atoms with E-state index in [1.54, 1.807) is 11.8 Å². The third kappa shape index (κ3) is 3.65. The van der Waals surface area contributed by atoms with Crippen molar-refractivity contribution in [1.82, 2.24) is 4.90 Å². The van der Waals surface area contributed by atoms with Crippen molar-refractivity contribution in [2.24, 2.45) is 5.92 Å². The number of hydrogen-bond donors (Lipinski definition) is 0. The minimum Gasteiger partial charge on any atom is -0.479 e. The number of benzene rings is 1. The van der Waals surface area contributed by atoms with Crippen LogP contribution in [0.2, 0.25) is 0 Å². The maximum Gasteiger partial charge on any atom is 0.267 e. The Morgan fingerprint density at radius 3 is 2.72 bits per heavy atom. The van der Waals surface area contributed by atoms with Crippen molar-refractivity contribution < 1.29 is 14.3 Å². The highest BCUT2D eigenvalue weighted by molar-refractivity contribution is 6.00. The quantitative estimate of drug-likeness (QED) is 0.842. The van der Waals surface area contributed by atoms with Crippen LogP contribution >= 0.6 is 0 Å². The molecule has 2 amide bonds. The Labute approximate surface area is 149 Å². The molecule has 0 aromatic heterocycles. The van der Waals surface area contributed by atoms with Crippen LogP contribution in [0.4, 0.5) is 5.69 Å². The molecule has 1 heterocycles. The van der Waals surface area contributed by atoms with Gasteiger partial charge in [-0.05, 0) is 37.8 Å². The first kappa shape index (κ1) is 17.8. The van der Waals surface area contributed by atoms with Crippen molar-refractivity contribution in [3.8, 4) is 5.75 Å². The molecule has 3 atom stereocenters. The predicted molar refractivity (Wildman–Crippen MR) is 97.7 cm³/mol. The number of anilines is 1. The van der Waals surface area contributed by atoms with Gasteiger partial charge < -0.3 is 14.5 Å². The molecule has 3 rings (SSSR count). The molecule has 5 nitrogen and oxygen atoms in total. The molecule has 136 valence electrons. The number of hydrogen-bond acceptors (Lipinski definition) is 3. The van der Waals surface area contributed by atoms with Gasteiger partial charge in [-0.15, -0.1) is 0 Å². The summed E-state index contributed by atoms with van der Waals surface area (Å²) in [5.41, 5.74) is 0.757. The summed E-state index contributed by atoms with van der Waals surface area (Å²) in [6.45, 7) is 4.38. The van der Waals surface area contributed by atoms with Crippen molar-refractivity contribution in [2.45, 2.75) is 58.1 Å². The van der Waals surface area contributed by atoms with Gasteiger partial charge in [0.2, 0.25) is 5.91 Å². The van der Waals surface area contributed by atoms with Crippen molar-refractivity contribution in [3.05, 3.63) is 24.3 Å². The molecule has 1 fully saturated rings. The zero-order valence-corrected chi connectivity index (χ0v) is 15.4. The van der Waals surface area contributed by atoms with E-state index < -0.39 is 6.10 Å². The van der Waals surface area contributed by atoms with Crippen LogP contribution < -0.4 is 9.64 Å². The SMILES string of the molecule is CC1Oc2ccccc2N(CCC(=O)N(C)C2CCCCC2C)C1=O. The van der Waals surface area contributed by atoms with Crippen LogP contribution in [0.1, 0.15) is 46.0 Å². The number of nitrogens with zero attached hydrogens (tertiary/aromatic N) is 2. The molecular weight excluding hydrogens is 316 g/mol. The summed E-state index contributed by atoms with van der Waals surface area (Å²) in [6, 6.07) is 7.84. The van der Waals surface area contributed by atoms with E-state index in [4.69, 9.17) is 4.74 Å². The Morgan fingerprint density at radius 1 is 1.24 bits per heavy atom. The highest BCUT2D eigenvalue weighted by Crippen LogP contribution is 2.34. The fourth-order valence-electron chi connectivity index (χ4n) is 4.03. The molecule has 2 aliphatic rings. The topological polar surface area (TPSA) is 49.9 Å². The van der Waals surface area contributed by atoms with Crippen LogP contribution in [-0.2, 0) is 9.59 Å². The molecule has 3 unspecified atom stereocenters. The molecule has 0 saturated heterocycles. The lowest BCUT2D eigenvalue weighted by Crippen LogP contribution is -2.47. The average molecular weight is 344 g/mol. The maximum absolute atomic E-state index is 12.7. The summed E-state index contributed by atoms with van der Waals surface area (Å²) in [5.74, 6) is 1.29. The van der Waals surface area contributed by atoms with Gasteiger partial charge in [-0.2, -0.15) is 0 Å². The van der Waals surface area contributed by atoms with Gasteiger partial charge in [0.15, 0.2) is 6.10 Å². The van der Waals surface area contributed by atoms with Crippen LogP contribution in [0, 0.1) is 5.92 Å².